The van der Waals surface area contributed by atoms with Crippen molar-refractivity contribution in [3.05, 3.63) is 47.5 Å². The maximum absolute atomic E-state index is 8.97. The molecule has 0 heterocycles. The molecule has 0 aromatic heterocycles. The normalized spacial score (nSPS) is 13.6. The van der Waals surface area contributed by atoms with Gasteiger partial charge in [0.25, 0.3) is 0 Å². The third kappa shape index (κ3) is 4.63. The predicted octanol–water partition coefficient (Wildman–Crippen LogP) is 3.45. The van der Waals surface area contributed by atoms with E-state index in [0.29, 0.717) is 0 Å². The molecule has 0 fully saturated rings. The lowest BCUT2D eigenvalue weighted by molar-refractivity contribution is 0.302. The van der Waals surface area contributed by atoms with Gasteiger partial charge in [0.05, 0.1) is 6.04 Å². The van der Waals surface area contributed by atoms with Crippen molar-refractivity contribution in [3.8, 4) is 0 Å². The first-order chi connectivity index (χ1) is 8.83. The summed E-state index contributed by atoms with van der Waals surface area (Å²) < 4.78 is 0. The average Bonchev–Trinajstić information content (AvgIpc) is 2.43. The fourth-order valence-corrected chi connectivity index (χ4v) is 2.11. The Morgan fingerprint density at radius 1 is 1.28 bits per heavy atom. The summed E-state index contributed by atoms with van der Waals surface area (Å²) in [5.41, 5.74) is 2.67. The Labute approximate surface area is 111 Å². The highest BCUT2D eigenvalue weighted by Crippen LogP contribution is 2.24. The zero-order valence-corrected chi connectivity index (χ0v) is 11.5. The van der Waals surface area contributed by atoms with E-state index in [0.717, 1.165) is 25.8 Å². The SMILES string of the molecule is CCCNC(/C(=C/CCO)CC)c1ccccc1. The van der Waals surface area contributed by atoms with Crippen LogP contribution in [0.4, 0.5) is 0 Å². The fourth-order valence-electron chi connectivity index (χ4n) is 2.11. The van der Waals surface area contributed by atoms with Crippen LogP contribution in [-0.2, 0) is 0 Å². The first kappa shape index (κ1) is 14.9. The molecule has 2 N–H and O–H groups in total. The van der Waals surface area contributed by atoms with Gasteiger partial charge in [0.1, 0.15) is 0 Å². The molecule has 1 aromatic carbocycles. The summed E-state index contributed by atoms with van der Waals surface area (Å²) in [6, 6.07) is 10.8. The van der Waals surface area contributed by atoms with Crippen molar-refractivity contribution in [1.82, 2.24) is 5.32 Å². The van der Waals surface area contributed by atoms with E-state index in [9.17, 15) is 0 Å². The Hall–Kier alpha value is -1.12. The van der Waals surface area contributed by atoms with E-state index in [-0.39, 0.29) is 12.6 Å². The molecule has 0 amide bonds. The molecule has 2 heteroatoms. The molecule has 0 bridgehead atoms. The van der Waals surface area contributed by atoms with Gasteiger partial charge < -0.3 is 10.4 Å². The molecule has 0 radical (unpaired) electrons. The lowest BCUT2D eigenvalue weighted by atomic mass is 9.95. The average molecular weight is 247 g/mol. The summed E-state index contributed by atoms with van der Waals surface area (Å²) in [7, 11) is 0. The Morgan fingerprint density at radius 2 is 2.00 bits per heavy atom. The minimum absolute atomic E-state index is 0.221. The van der Waals surface area contributed by atoms with Crippen LogP contribution < -0.4 is 5.32 Å². The first-order valence-corrected chi connectivity index (χ1v) is 6.91. The predicted molar refractivity (Wildman–Crippen MR) is 77.6 cm³/mol. The zero-order valence-electron chi connectivity index (χ0n) is 11.5. The van der Waals surface area contributed by atoms with Crippen LogP contribution >= 0.6 is 0 Å². The second-order valence-electron chi connectivity index (χ2n) is 4.44. The number of hydrogen-bond donors (Lipinski definition) is 2. The maximum atomic E-state index is 8.97. The highest BCUT2D eigenvalue weighted by Gasteiger charge is 2.13. The molecule has 1 aromatic rings. The molecule has 2 nitrogen and oxygen atoms in total. The van der Waals surface area contributed by atoms with Crippen LogP contribution in [0.15, 0.2) is 42.0 Å². The molecule has 1 atom stereocenters. The van der Waals surface area contributed by atoms with Gasteiger partial charge in [-0.3, -0.25) is 0 Å². The largest absolute Gasteiger partial charge is 0.396 e. The van der Waals surface area contributed by atoms with E-state index in [4.69, 9.17) is 5.11 Å². The van der Waals surface area contributed by atoms with Crippen LogP contribution in [0.25, 0.3) is 0 Å². The van der Waals surface area contributed by atoms with Crippen LogP contribution in [0.2, 0.25) is 0 Å². The summed E-state index contributed by atoms with van der Waals surface area (Å²) >= 11 is 0. The highest BCUT2D eigenvalue weighted by molar-refractivity contribution is 5.28. The zero-order chi connectivity index (χ0) is 13.2. The van der Waals surface area contributed by atoms with Crippen molar-refractivity contribution >= 4 is 0 Å². The molecule has 100 valence electrons. The van der Waals surface area contributed by atoms with Crippen LogP contribution in [0, 0.1) is 0 Å². The Morgan fingerprint density at radius 3 is 2.56 bits per heavy atom. The summed E-state index contributed by atoms with van der Waals surface area (Å²) in [4.78, 5) is 0. The topological polar surface area (TPSA) is 32.3 Å². The van der Waals surface area contributed by atoms with Gasteiger partial charge in [-0.15, -0.1) is 0 Å². The monoisotopic (exact) mass is 247 g/mol. The molecule has 1 unspecified atom stereocenters. The number of benzene rings is 1. The van der Waals surface area contributed by atoms with Crippen LogP contribution in [0.3, 0.4) is 0 Å². The molecule has 0 aliphatic rings. The summed E-state index contributed by atoms with van der Waals surface area (Å²) in [5, 5.41) is 12.6. The number of rotatable bonds is 8. The van der Waals surface area contributed by atoms with Crippen molar-refractivity contribution in [1.29, 1.82) is 0 Å². The molecule has 0 aliphatic heterocycles. The van der Waals surface area contributed by atoms with Crippen molar-refractivity contribution in [2.45, 2.75) is 39.2 Å². The van der Waals surface area contributed by atoms with Gasteiger partial charge in [-0.1, -0.05) is 55.8 Å². The number of hydrogen-bond acceptors (Lipinski definition) is 2. The maximum Gasteiger partial charge on any atom is 0.0535 e. The van der Waals surface area contributed by atoms with Crippen LogP contribution in [-0.4, -0.2) is 18.3 Å². The molecule has 0 aliphatic carbocycles. The Bertz CT molecular complexity index is 345. The van der Waals surface area contributed by atoms with Gasteiger partial charge in [-0.05, 0) is 31.4 Å². The lowest BCUT2D eigenvalue weighted by Crippen LogP contribution is -2.24. The van der Waals surface area contributed by atoms with Gasteiger partial charge in [0, 0.05) is 6.61 Å². The Kier molecular flexibility index (Phi) is 7.38. The van der Waals surface area contributed by atoms with E-state index in [1.807, 2.05) is 6.07 Å². The number of aliphatic hydroxyl groups excluding tert-OH is 1. The van der Waals surface area contributed by atoms with Crippen molar-refractivity contribution < 1.29 is 5.11 Å². The second-order valence-corrected chi connectivity index (χ2v) is 4.44. The van der Waals surface area contributed by atoms with Gasteiger partial charge in [0.2, 0.25) is 0 Å². The van der Waals surface area contributed by atoms with E-state index < -0.39 is 0 Å². The molecule has 0 saturated carbocycles. The van der Waals surface area contributed by atoms with E-state index >= 15 is 0 Å². The van der Waals surface area contributed by atoms with Crippen LogP contribution in [0.5, 0.6) is 0 Å². The lowest BCUT2D eigenvalue weighted by Gasteiger charge is -2.22. The second kappa shape index (κ2) is 8.90. The van der Waals surface area contributed by atoms with Crippen molar-refractivity contribution in [2.75, 3.05) is 13.2 Å². The van der Waals surface area contributed by atoms with Gasteiger partial charge in [0.15, 0.2) is 0 Å². The number of nitrogens with one attached hydrogen (secondary N) is 1. The minimum atomic E-state index is 0.221. The summed E-state index contributed by atoms with van der Waals surface area (Å²) in [6.45, 7) is 5.58. The third-order valence-electron chi connectivity index (χ3n) is 3.05. The van der Waals surface area contributed by atoms with Crippen molar-refractivity contribution in [2.24, 2.45) is 0 Å². The molecular formula is C16H25NO. The molecule has 0 saturated heterocycles. The van der Waals surface area contributed by atoms with E-state index in [1.165, 1.54) is 11.1 Å². The molecular weight excluding hydrogens is 222 g/mol. The van der Waals surface area contributed by atoms with E-state index in [2.05, 4.69) is 49.5 Å². The quantitative estimate of drug-likeness (QED) is 0.690. The standard InChI is InChI=1S/C16H25NO/c1-3-12-17-16(14(4-2)11-8-13-18)15-9-6-5-7-10-15/h5-7,9-11,16-18H,3-4,8,12-13H2,1-2H3/b14-11+. The van der Waals surface area contributed by atoms with Gasteiger partial charge in [-0.25, -0.2) is 0 Å². The van der Waals surface area contributed by atoms with E-state index in [1.54, 1.807) is 0 Å². The minimum Gasteiger partial charge on any atom is -0.396 e. The third-order valence-corrected chi connectivity index (χ3v) is 3.05. The smallest absolute Gasteiger partial charge is 0.0535 e. The van der Waals surface area contributed by atoms with Gasteiger partial charge in [-0.2, -0.15) is 0 Å². The van der Waals surface area contributed by atoms with Crippen LogP contribution in [0.1, 0.15) is 44.7 Å². The van der Waals surface area contributed by atoms with Crippen molar-refractivity contribution in [3.63, 3.8) is 0 Å². The Balaban J connectivity index is 2.89. The fraction of sp³-hybridized carbons (Fsp3) is 0.500. The molecule has 0 spiro atoms. The summed E-state index contributed by atoms with van der Waals surface area (Å²) in [5.74, 6) is 0. The summed E-state index contributed by atoms with van der Waals surface area (Å²) in [6.07, 6.45) is 5.04. The number of aliphatic hydroxyl groups is 1. The molecule has 1 rings (SSSR count). The van der Waals surface area contributed by atoms with Gasteiger partial charge >= 0.3 is 0 Å². The highest BCUT2D eigenvalue weighted by atomic mass is 16.2. The molecule has 18 heavy (non-hydrogen) atoms. The first-order valence-electron chi connectivity index (χ1n) is 6.91.